The van der Waals surface area contributed by atoms with Crippen molar-refractivity contribution in [3.05, 3.63) is 326 Å². The van der Waals surface area contributed by atoms with Gasteiger partial charge in [-0.05, 0) is 176 Å². The van der Waals surface area contributed by atoms with Crippen molar-refractivity contribution in [2.75, 3.05) is 35.8 Å². The maximum atomic E-state index is 15.7. The predicted molar refractivity (Wildman–Crippen MR) is 366 cm³/mol. The molecular weight excluding hydrogens is 1100 g/mol. The molecule has 90 heavy (non-hydrogen) atoms. The average Bonchev–Trinajstić information content (AvgIpc) is 1.01. The number of carbonyl (C=O) groups is 3. The van der Waals surface area contributed by atoms with Crippen molar-refractivity contribution in [1.29, 1.82) is 0 Å². The fraction of sp³-hybridized carbons (Fsp3) is 0.0370. The van der Waals surface area contributed by atoms with Crippen LogP contribution in [0.15, 0.2) is 310 Å². The van der Waals surface area contributed by atoms with Crippen LogP contribution in [0.1, 0.15) is 31.1 Å². The highest BCUT2D eigenvalue weighted by molar-refractivity contribution is 6.15. The molecule has 0 radical (unpaired) electrons. The Hall–Kier alpha value is -11.9. The molecule has 0 aliphatic heterocycles. The molecule has 9 heteroatoms. The molecule has 9 nitrogen and oxygen atoms in total. The minimum atomic E-state index is -0.315. The first-order chi connectivity index (χ1) is 44.1. The normalized spacial score (nSPS) is 11.0. The summed E-state index contributed by atoms with van der Waals surface area (Å²) in [5.41, 5.74) is 18.2. The van der Waals surface area contributed by atoms with Crippen molar-refractivity contribution in [2.24, 2.45) is 0 Å². The summed E-state index contributed by atoms with van der Waals surface area (Å²) >= 11 is 0. The van der Waals surface area contributed by atoms with Crippen molar-refractivity contribution in [3.8, 4) is 101 Å². The first-order valence-corrected chi connectivity index (χ1v) is 29.7. The molecule has 0 N–H and O–H groups in total. The van der Waals surface area contributed by atoms with E-state index in [1.165, 1.54) is 0 Å². The molecule has 0 unspecified atom stereocenters. The van der Waals surface area contributed by atoms with E-state index >= 15 is 14.4 Å². The second-order valence-corrected chi connectivity index (χ2v) is 22.1. The van der Waals surface area contributed by atoms with Crippen molar-refractivity contribution in [2.45, 2.75) is 0 Å². The summed E-state index contributed by atoms with van der Waals surface area (Å²) < 4.78 is 0. The van der Waals surface area contributed by atoms with E-state index in [0.29, 0.717) is 50.4 Å². The molecule has 0 aliphatic carbocycles. The summed E-state index contributed by atoms with van der Waals surface area (Å²) in [6.07, 6.45) is 5.28. The Labute approximate surface area is 524 Å². The molecule has 0 atom stereocenters. The summed E-state index contributed by atoms with van der Waals surface area (Å²) in [6.45, 7) is 0. The summed E-state index contributed by atoms with van der Waals surface area (Å²) in [5, 5.41) is 0. The highest BCUT2D eigenvalue weighted by atomic mass is 16.2. The SMILES string of the molecule is CN(C(=O)c1ccc(-c2ccccn2)cc1-c1cccc(-c2ccccc2)c1)c1cc(N(C)C(=O)c2ccc(-c3ccccn3)cc2-c2cccc(-c3ccccc3)c2)cc(N(C)C(=O)c2ccc(-c3ccccn3)cc2-c2cccc(-c3ccccc3)c2)c1. The van der Waals surface area contributed by atoms with Gasteiger partial charge in [0.25, 0.3) is 17.7 Å². The second-order valence-electron chi connectivity index (χ2n) is 22.1. The highest BCUT2D eigenvalue weighted by Gasteiger charge is 2.27. The topological polar surface area (TPSA) is 99.6 Å². The number of hydrogen-bond donors (Lipinski definition) is 0. The van der Waals surface area contributed by atoms with Crippen LogP contribution < -0.4 is 14.7 Å². The van der Waals surface area contributed by atoms with Gasteiger partial charge in [-0.1, -0.05) is 182 Å². The Bertz CT molecular complexity index is 4260. The first kappa shape index (κ1) is 57.2. The monoisotopic (exact) mass is 1160 g/mol. The molecule has 0 spiro atoms. The number of carbonyl (C=O) groups excluding carboxylic acids is 3. The van der Waals surface area contributed by atoms with Gasteiger partial charge in [0.15, 0.2) is 0 Å². The van der Waals surface area contributed by atoms with Gasteiger partial charge < -0.3 is 14.7 Å². The number of anilines is 3. The van der Waals surface area contributed by atoms with Crippen LogP contribution in [0.5, 0.6) is 0 Å². The minimum absolute atomic E-state index is 0.315. The summed E-state index contributed by atoms with van der Waals surface area (Å²) in [6, 6.07) is 95.3. The van der Waals surface area contributed by atoms with E-state index in [2.05, 4.69) is 87.7 Å². The lowest BCUT2D eigenvalue weighted by atomic mass is 9.92. The van der Waals surface area contributed by atoms with Gasteiger partial charge >= 0.3 is 0 Å². The smallest absolute Gasteiger partial charge is 0.258 e. The van der Waals surface area contributed by atoms with Crippen LogP contribution in [0.25, 0.3) is 101 Å². The molecule has 0 bridgehead atoms. The Morgan fingerprint density at radius 2 is 0.489 bits per heavy atom. The fourth-order valence-electron chi connectivity index (χ4n) is 11.5. The van der Waals surface area contributed by atoms with Crippen molar-refractivity contribution < 1.29 is 14.4 Å². The van der Waals surface area contributed by atoms with E-state index in [4.69, 9.17) is 0 Å². The van der Waals surface area contributed by atoms with Crippen LogP contribution in [0, 0.1) is 0 Å². The molecule has 13 rings (SSSR count). The van der Waals surface area contributed by atoms with E-state index in [0.717, 1.165) is 83.8 Å². The summed E-state index contributed by atoms with van der Waals surface area (Å²) in [4.78, 5) is 66.0. The second kappa shape index (κ2) is 25.6. The molecular formula is C81H60N6O3. The number of nitrogens with zero attached hydrogens (tertiary/aromatic N) is 6. The number of hydrogen-bond acceptors (Lipinski definition) is 6. The number of benzene rings is 10. The lowest BCUT2D eigenvalue weighted by Gasteiger charge is -2.27. The van der Waals surface area contributed by atoms with Crippen LogP contribution >= 0.6 is 0 Å². The van der Waals surface area contributed by atoms with Crippen LogP contribution in [0.3, 0.4) is 0 Å². The summed E-state index contributed by atoms with van der Waals surface area (Å²) in [7, 11) is 5.19. The zero-order valence-electron chi connectivity index (χ0n) is 49.9. The minimum Gasteiger partial charge on any atom is -0.311 e. The third kappa shape index (κ3) is 12.0. The van der Waals surface area contributed by atoms with Gasteiger partial charge in [0.05, 0.1) is 17.1 Å². The van der Waals surface area contributed by atoms with Crippen molar-refractivity contribution in [3.63, 3.8) is 0 Å². The molecule has 13 aromatic rings. The Morgan fingerprint density at radius 1 is 0.233 bits per heavy atom. The Kier molecular flexibility index (Phi) is 16.2. The van der Waals surface area contributed by atoms with Gasteiger partial charge in [-0.2, -0.15) is 0 Å². The molecule has 0 saturated heterocycles. The van der Waals surface area contributed by atoms with Crippen LogP contribution in [-0.2, 0) is 0 Å². The highest BCUT2D eigenvalue weighted by Crippen LogP contribution is 2.40. The van der Waals surface area contributed by atoms with Crippen LogP contribution in [0.4, 0.5) is 17.1 Å². The zero-order valence-corrected chi connectivity index (χ0v) is 49.9. The molecule has 10 aromatic carbocycles. The quantitative estimate of drug-likeness (QED) is 0.101. The molecule has 432 valence electrons. The zero-order chi connectivity index (χ0) is 61.5. The van der Waals surface area contributed by atoms with Gasteiger partial charge in [-0.15, -0.1) is 0 Å². The largest absolute Gasteiger partial charge is 0.311 e. The maximum Gasteiger partial charge on any atom is 0.258 e. The molecule has 0 fully saturated rings. The van der Waals surface area contributed by atoms with Crippen molar-refractivity contribution in [1.82, 2.24) is 15.0 Å². The van der Waals surface area contributed by atoms with E-state index < -0.39 is 0 Å². The van der Waals surface area contributed by atoms with Gasteiger partial charge in [0.1, 0.15) is 0 Å². The number of rotatable bonds is 15. The first-order valence-electron chi connectivity index (χ1n) is 29.7. The fourth-order valence-corrected chi connectivity index (χ4v) is 11.5. The number of aromatic nitrogens is 3. The third-order valence-electron chi connectivity index (χ3n) is 16.4. The number of pyridine rings is 3. The van der Waals surface area contributed by atoms with Gasteiger partial charge in [0, 0.05) is 90.2 Å². The van der Waals surface area contributed by atoms with Crippen molar-refractivity contribution >= 4 is 34.8 Å². The van der Waals surface area contributed by atoms with E-state index in [-0.39, 0.29) is 17.7 Å². The summed E-state index contributed by atoms with van der Waals surface area (Å²) in [5.74, 6) is -0.944. The molecule has 0 saturated carbocycles. The van der Waals surface area contributed by atoms with E-state index in [1.54, 1.807) is 54.4 Å². The molecule has 3 amide bonds. The molecule has 3 heterocycles. The lowest BCUT2D eigenvalue weighted by Crippen LogP contribution is -2.31. The predicted octanol–water partition coefficient (Wildman–Crippen LogP) is 18.7. The van der Waals surface area contributed by atoms with E-state index in [1.807, 2.05) is 218 Å². The van der Waals surface area contributed by atoms with Crippen LogP contribution in [-0.4, -0.2) is 53.8 Å². The molecule has 0 aliphatic rings. The lowest BCUT2D eigenvalue weighted by molar-refractivity contribution is 0.0987. The molecule has 3 aromatic heterocycles. The Balaban J connectivity index is 0.944. The number of amides is 3. The third-order valence-corrected chi connectivity index (χ3v) is 16.4. The average molecular weight is 1170 g/mol. The van der Waals surface area contributed by atoms with Crippen LogP contribution in [0.2, 0.25) is 0 Å². The van der Waals surface area contributed by atoms with Gasteiger partial charge in [-0.25, -0.2) is 0 Å². The van der Waals surface area contributed by atoms with E-state index in [9.17, 15) is 0 Å². The van der Waals surface area contributed by atoms with Gasteiger partial charge in [-0.3, -0.25) is 29.3 Å². The maximum absolute atomic E-state index is 15.7. The van der Waals surface area contributed by atoms with Gasteiger partial charge in [0.2, 0.25) is 0 Å². The standard InChI is InChI=1S/C81H60N6O3/c1-85(79(88)70-40-37-64(76-34-13-16-43-82-76)49-73(70)61-31-19-28-58(46-61)55-22-7-4-8-23-55)67-52-68(86(2)80(89)71-41-38-65(77-35-14-17-44-83-77)50-74(71)62-32-20-29-59(47-62)56-24-9-5-10-25-56)54-69(53-67)87(3)81(90)72-42-39-66(78-36-15-18-45-84-78)51-75(72)63-33-21-30-60(48-63)57-26-11-6-12-27-57/h4-54H,1-3H3. The Morgan fingerprint density at radius 3 is 0.756 bits per heavy atom.